The van der Waals surface area contributed by atoms with Gasteiger partial charge in [-0.2, -0.15) is 0 Å². The van der Waals surface area contributed by atoms with Crippen molar-refractivity contribution in [1.82, 2.24) is 4.90 Å². The van der Waals surface area contributed by atoms with Crippen molar-refractivity contribution in [3.63, 3.8) is 0 Å². The second-order valence-electron chi connectivity index (χ2n) is 7.01. The SMILES string of the molecule is O=C(CC1CCC(c2ccccc2)CC1)N1CCC(CO)C1. The number of nitrogens with zero attached hydrogens (tertiary/aromatic N) is 1. The molecular weight excluding hydrogens is 274 g/mol. The second-order valence-corrected chi connectivity index (χ2v) is 7.01. The molecule has 1 N–H and O–H groups in total. The first kappa shape index (κ1) is 15.5. The van der Waals surface area contributed by atoms with E-state index in [1.54, 1.807) is 0 Å². The minimum absolute atomic E-state index is 0.214. The van der Waals surface area contributed by atoms with Gasteiger partial charge < -0.3 is 10.0 Å². The summed E-state index contributed by atoms with van der Waals surface area (Å²) in [7, 11) is 0. The molecule has 1 aromatic carbocycles. The number of hydrogen-bond acceptors (Lipinski definition) is 2. The van der Waals surface area contributed by atoms with Crippen LogP contribution >= 0.6 is 0 Å². The molecule has 120 valence electrons. The molecule has 1 aliphatic heterocycles. The normalized spacial score (nSPS) is 28.8. The van der Waals surface area contributed by atoms with E-state index in [1.807, 2.05) is 4.90 Å². The van der Waals surface area contributed by atoms with Crippen LogP contribution in [0.25, 0.3) is 0 Å². The minimum atomic E-state index is 0.214. The van der Waals surface area contributed by atoms with Crippen molar-refractivity contribution in [1.29, 1.82) is 0 Å². The van der Waals surface area contributed by atoms with Crippen LogP contribution in [0.15, 0.2) is 30.3 Å². The molecule has 22 heavy (non-hydrogen) atoms. The van der Waals surface area contributed by atoms with E-state index in [2.05, 4.69) is 30.3 Å². The quantitative estimate of drug-likeness (QED) is 0.928. The first-order valence-corrected chi connectivity index (χ1v) is 8.70. The molecule has 2 aliphatic rings. The predicted molar refractivity (Wildman–Crippen MR) is 87.5 cm³/mol. The van der Waals surface area contributed by atoms with Gasteiger partial charge in [0, 0.05) is 32.0 Å². The van der Waals surface area contributed by atoms with E-state index >= 15 is 0 Å². The zero-order chi connectivity index (χ0) is 15.4. The molecule has 1 amide bonds. The van der Waals surface area contributed by atoms with Gasteiger partial charge >= 0.3 is 0 Å². The number of likely N-dealkylation sites (tertiary alicyclic amines) is 1. The largest absolute Gasteiger partial charge is 0.396 e. The number of rotatable bonds is 4. The molecule has 0 aromatic heterocycles. The predicted octanol–water partition coefficient (Wildman–Crippen LogP) is 3.19. The molecule has 1 saturated heterocycles. The van der Waals surface area contributed by atoms with Gasteiger partial charge in [-0.1, -0.05) is 30.3 Å². The van der Waals surface area contributed by atoms with Gasteiger partial charge in [0.05, 0.1) is 0 Å². The van der Waals surface area contributed by atoms with Crippen LogP contribution in [0, 0.1) is 11.8 Å². The number of amides is 1. The highest BCUT2D eigenvalue weighted by atomic mass is 16.3. The Hall–Kier alpha value is -1.35. The number of aliphatic hydroxyl groups excluding tert-OH is 1. The Labute approximate surface area is 133 Å². The summed E-state index contributed by atoms with van der Waals surface area (Å²) in [5, 5.41) is 9.19. The fraction of sp³-hybridized carbons (Fsp3) is 0.632. The lowest BCUT2D eigenvalue weighted by Crippen LogP contribution is -2.31. The molecular formula is C19H27NO2. The van der Waals surface area contributed by atoms with Gasteiger partial charge in [0.25, 0.3) is 0 Å². The lowest BCUT2D eigenvalue weighted by molar-refractivity contribution is -0.131. The van der Waals surface area contributed by atoms with Crippen LogP contribution in [-0.2, 0) is 4.79 Å². The zero-order valence-electron chi connectivity index (χ0n) is 13.3. The first-order valence-electron chi connectivity index (χ1n) is 8.70. The highest BCUT2D eigenvalue weighted by molar-refractivity contribution is 5.76. The monoisotopic (exact) mass is 301 g/mol. The maximum atomic E-state index is 12.4. The summed E-state index contributed by atoms with van der Waals surface area (Å²) < 4.78 is 0. The summed E-state index contributed by atoms with van der Waals surface area (Å²) in [6.07, 6.45) is 6.43. The maximum absolute atomic E-state index is 12.4. The van der Waals surface area contributed by atoms with E-state index in [0.717, 1.165) is 19.5 Å². The molecule has 1 saturated carbocycles. The molecule has 1 unspecified atom stereocenters. The van der Waals surface area contributed by atoms with Gasteiger partial charge in [-0.25, -0.2) is 0 Å². The third kappa shape index (κ3) is 3.70. The maximum Gasteiger partial charge on any atom is 0.222 e. The Bertz CT molecular complexity index is 479. The molecule has 0 radical (unpaired) electrons. The van der Waals surface area contributed by atoms with Gasteiger partial charge in [-0.05, 0) is 49.5 Å². The summed E-state index contributed by atoms with van der Waals surface area (Å²) in [6.45, 7) is 1.81. The fourth-order valence-electron chi connectivity index (χ4n) is 4.01. The number of aliphatic hydroxyl groups is 1. The van der Waals surface area contributed by atoms with Crippen molar-refractivity contribution in [2.45, 2.75) is 44.4 Å². The molecule has 0 spiro atoms. The summed E-state index contributed by atoms with van der Waals surface area (Å²) in [5.41, 5.74) is 1.46. The Morgan fingerprint density at radius 2 is 1.77 bits per heavy atom. The van der Waals surface area contributed by atoms with Crippen LogP contribution in [0.5, 0.6) is 0 Å². The van der Waals surface area contributed by atoms with Crippen LogP contribution in [0.4, 0.5) is 0 Å². The van der Waals surface area contributed by atoms with Crippen molar-refractivity contribution in [3.05, 3.63) is 35.9 Å². The molecule has 3 heteroatoms. The molecule has 1 aromatic rings. The van der Waals surface area contributed by atoms with E-state index in [4.69, 9.17) is 0 Å². The van der Waals surface area contributed by atoms with E-state index in [-0.39, 0.29) is 6.61 Å². The van der Waals surface area contributed by atoms with E-state index in [1.165, 1.54) is 31.2 Å². The Morgan fingerprint density at radius 1 is 1.05 bits per heavy atom. The summed E-state index contributed by atoms with van der Waals surface area (Å²) in [6, 6.07) is 10.8. The summed E-state index contributed by atoms with van der Waals surface area (Å²) in [4.78, 5) is 14.3. The lowest BCUT2D eigenvalue weighted by atomic mass is 9.77. The van der Waals surface area contributed by atoms with Gasteiger partial charge in [0.1, 0.15) is 0 Å². The molecule has 3 rings (SSSR count). The van der Waals surface area contributed by atoms with Gasteiger partial charge in [0.2, 0.25) is 5.91 Å². The van der Waals surface area contributed by atoms with Gasteiger partial charge in [-0.15, -0.1) is 0 Å². The second kappa shape index (κ2) is 7.28. The smallest absolute Gasteiger partial charge is 0.222 e. The fourth-order valence-corrected chi connectivity index (χ4v) is 4.01. The Kier molecular flexibility index (Phi) is 5.14. The van der Waals surface area contributed by atoms with Crippen LogP contribution in [0.2, 0.25) is 0 Å². The third-order valence-electron chi connectivity index (χ3n) is 5.48. The first-order chi connectivity index (χ1) is 10.8. The zero-order valence-corrected chi connectivity index (χ0v) is 13.3. The topological polar surface area (TPSA) is 40.5 Å². The van der Waals surface area contributed by atoms with E-state index in [9.17, 15) is 9.90 Å². The molecule has 1 atom stereocenters. The van der Waals surface area contributed by atoms with Crippen LogP contribution in [0.1, 0.15) is 50.0 Å². The minimum Gasteiger partial charge on any atom is -0.396 e. The highest BCUT2D eigenvalue weighted by Gasteiger charge is 2.29. The number of hydrogen-bond donors (Lipinski definition) is 1. The van der Waals surface area contributed by atoms with Crippen molar-refractivity contribution in [3.8, 4) is 0 Å². The Balaban J connectivity index is 1.45. The number of carbonyl (C=O) groups excluding carboxylic acids is 1. The average molecular weight is 301 g/mol. The molecule has 0 bridgehead atoms. The van der Waals surface area contributed by atoms with Crippen LogP contribution < -0.4 is 0 Å². The van der Waals surface area contributed by atoms with E-state index in [0.29, 0.717) is 30.1 Å². The lowest BCUT2D eigenvalue weighted by Gasteiger charge is -2.29. The Morgan fingerprint density at radius 3 is 2.41 bits per heavy atom. The van der Waals surface area contributed by atoms with Crippen LogP contribution in [0.3, 0.4) is 0 Å². The number of carbonyl (C=O) groups is 1. The van der Waals surface area contributed by atoms with E-state index < -0.39 is 0 Å². The van der Waals surface area contributed by atoms with Crippen molar-refractivity contribution in [2.75, 3.05) is 19.7 Å². The van der Waals surface area contributed by atoms with Crippen molar-refractivity contribution in [2.24, 2.45) is 11.8 Å². The molecule has 1 aliphatic carbocycles. The number of benzene rings is 1. The van der Waals surface area contributed by atoms with Crippen molar-refractivity contribution >= 4 is 5.91 Å². The van der Waals surface area contributed by atoms with Gasteiger partial charge in [-0.3, -0.25) is 4.79 Å². The molecule has 2 fully saturated rings. The van der Waals surface area contributed by atoms with Crippen LogP contribution in [-0.4, -0.2) is 35.6 Å². The standard InChI is InChI=1S/C19H27NO2/c21-14-16-10-11-20(13-16)19(22)12-15-6-8-18(9-7-15)17-4-2-1-3-5-17/h1-5,15-16,18,21H,6-14H2. The van der Waals surface area contributed by atoms with Gasteiger partial charge in [0.15, 0.2) is 0 Å². The van der Waals surface area contributed by atoms with Crippen molar-refractivity contribution < 1.29 is 9.90 Å². The average Bonchev–Trinajstić information content (AvgIpc) is 3.06. The molecule has 1 heterocycles. The summed E-state index contributed by atoms with van der Waals surface area (Å²) in [5.74, 6) is 1.84. The molecule has 3 nitrogen and oxygen atoms in total. The third-order valence-corrected chi connectivity index (χ3v) is 5.48. The summed E-state index contributed by atoms with van der Waals surface area (Å²) >= 11 is 0. The highest BCUT2D eigenvalue weighted by Crippen LogP contribution is 2.37.